The maximum atomic E-state index is 5.96. The number of anilines is 1. The fourth-order valence-corrected chi connectivity index (χ4v) is 3.48. The Morgan fingerprint density at radius 1 is 1.04 bits per heavy atom. The first kappa shape index (κ1) is 17.1. The minimum atomic E-state index is 0.413. The van der Waals surface area contributed by atoms with Gasteiger partial charge < -0.3 is 10.6 Å². The molecule has 4 rings (SSSR count). The zero-order chi connectivity index (χ0) is 17.9. The molecule has 3 aromatic rings. The molecule has 1 aliphatic carbocycles. The maximum absolute atomic E-state index is 5.96. The Morgan fingerprint density at radius 3 is 2.69 bits per heavy atom. The molecule has 1 saturated carbocycles. The van der Waals surface area contributed by atoms with Gasteiger partial charge in [0, 0.05) is 6.04 Å². The molecule has 0 bridgehead atoms. The predicted molar refractivity (Wildman–Crippen MR) is 107 cm³/mol. The van der Waals surface area contributed by atoms with Crippen molar-refractivity contribution in [2.75, 3.05) is 5.32 Å². The fraction of sp³-hybridized carbons (Fsp3) is 0.278. The van der Waals surface area contributed by atoms with Crippen LogP contribution in [0.5, 0.6) is 0 Å². The molecule has 2 N–H and O–H groups in total. The standard InChI is InChI=1S/C18H17ClN6S/c19-15-7-3-6-12(22-15)14-10-20-13-8-9-16(24-17(13)23-14)25-18(26)21-11-4-1-2-5-11/h3,6-11H,1-2,4-5H2,(H2,21,23,24,25,26). The first-order chi connectivity index (χ1) is 12.7. The minimum Gasteiger partial charge on any atom is -0.360 e. The van der Waals surface area contributed by atoms with Gasteiger partial charge in [0.2, 0.25) is 0 Å². The molecule has 6 nitrogen and oxygen atoms in total. The van der Waals surface area contributed by atoms with Crippen LogP contribution in [0, 0.1) is 0 Å². The summed E-state index contributed by atoms with van der Waals surface area (Å²) < 4.78 is 0. The van der Waals surface area contributed by atoms with E-state index in [0.29, 0.717) is 44.7 Å². The van der Waals surface area contributed by atoms with Crippen molar-refractivity contribution < 1.29 is 0 Å². The summed E-state index contributed by atoms with van der Waals surface area (Å²) in [7, 11) is 0. The number of aromatic nitrogens is 4. The van der Waals surface area contributed by atoms with E-state index < -0.39 is 0 Å². The molecule has 132 valence electrons. The Balaban J connectivity index is 1.56. The van der Waals surface area contributed by atoms with E-state index in [1.54, 1.807) is 12.3 Å². The highest BCUT2D eigenvalue weighted by atomic mass is 35.5. The summed E-state index contributed by atoms with van der Waals surface area (Å²) in [5.41, 5.74) is 2.51. The Labute approximate surface area is 161 Å². The minimum absolute atomic E-state index is 0.413. The summed E-state index contributed by atoms with van der Waals surface area (Å²) in [6.45, 7) is 0. The third-order valence-electron chi connectivity index (χ3n) is 4.32. The predicted octanol–water partition coefficient (Wildman–Crippen LogP) is 3.97. The summed E-state index contributed by atoms with van der Waals surface area (Å²) in [6, 6.07) is 9.55. The average molecular weight is 385 g/mol. The Kier molecular flexibility index (Phi) is 4.90. The molecule has 8 heteroatoms. The third-order valence-corrected chi connectivity index (χ3v) is 4.75. The molecule has 0 saturated heterocycles. The normalized spacial score (nSPS) is 14.5. The van der Waals surface area contributed by atoms with Crippen LogP contribution in [0.15, 0.2) is 36.5 Å². The van der Waals surface area contributed by atoms with E-state index in [2.05, 4.69) is 30.6 Å². The fourth-order valence-electron chi connectivity index (χ4n) is 3.05. The van der Waals surface area contributed by atoms with Gasteiger partial charge in [-0.05, 0) is 49.3 Å². The number of nitrogens with one attached hydrogen (secondary N) is 2. The van der Waals surface area contributed by atoms with Crippen molar-refractivity contribution in [3.8, 4) is 11.4 Å². The molecule has 0 radical (unpaired) electrons. The van der Waals surface area contributed by atoms with Crippen molar-refractivity contribution in [3.05, 3.63) is 41.7 Å². The SMILES string of the molecule is S=C(Nc1ccc2ncc(-c3cccc(Cl)n3)nc2n1)NC1CCCC1. The third kappa shape index (κ3) is 3.89. The van der Waals surface area contributed by atoms with Gasteiger partial charge in [0.05, 0.1) is 11.9 Å². The van der Waals surface area contributed by atoms with Crippen LogP contribution in [0.4, 0.5) is 5.82 Å². The molecular weight excluding hydrogens is 368 g/mol. The topological polar surface area (TPSA) is 75.6 Å². The van der Waals surface area contributed by atoms with E-state index in [1.165, 1.54) is 12.8 Å². The highest BCUT2D eigenvalue weighted by Gasteiger charge is 2.15. The van der Waals surface area contributed by atoms with E-state index >= 15 is 0 Å². The second-order valence-electron chi connectivity index (χ2n) is 6.22. The van der Waals surface area contributed by atoms with Gasteiger partial charge in [0.15, 0.2) is 10.8 Å². The molecule has 0 atom stereocenters. The molecule has 0 aliphatic heterocycles. The summed E-state index contributed by atoms with van der Waals surface area (Å²) in [5.74, 6) is 0.638. The van der Waals surface area contributed by atoms with Gasteiger partial charge in [-0.1, -0.05) is 30.5 Å². The number of nitrogens with zero attached hydrogens (tertiary/aromatic N) is 4. The molecule has 1 aliphatic rings. The highest BCUT2D eigenvalue weighted by molar-refractivity contribution is 7.80. The van der Waals surface area contributed by atoms with E-state index in [-0.39, 0.29) is 0 Å². The lowest BCUT2D eigenvalue weighted by Crippen LogP contribution is -2.36. The number of fused-ring (bicyclic) bond motifs is 1. The number of thiocarbonyl (C=S) groups is 1. The summed E-state index contributed by atoms with van der Waals surface area (Å²) in [6.07, 6.45) is 6.50. The van der Waals surface area contributed by atoms with Gasteiger partial charge in [-0.25, -0.2) is 15.0 Å². The first-order valence-corrected chi connectivity index (χ1v) is 9.30. The van der Waals surface area contributed by atoms with Crippen molar-refractivity contribution in [1.82, 2.24) is 25.3 Å². The van der Waals surface area contributed by atoms with Crippen molar-refractivity contribution in [3.63, 3.8) is 0 Å². The lowest BCUT2D eigenvalue weighted by atomic mass is 10.2. The number of hydrogen-bond donors (Lipinski definition) is 2. The number of hydrogen-bond acceptors (Lipinski definition) is 5. The highest BCUT2D eigenvalue weighted by Crippen LogP contribution is 2.20. The zero-order valence-electron chi connectivity index (χ0n) is 13.9. The molecule has 26 heavy (non-hydrogen) atoms. The molecular formula is C18H17ClN6S. The lowest BCUT2D eigenvalue weighted by Gasteiger charge is -2.15. The number of halogens is 1. The molecule has 1 fully saturated rings. The van der Waals surface area contributed by atoms with Gasteiger partial charge in [0.1, 0.15) is 22.2 Å². The maximum Gasteiger partial charge on any atom is 0.180 e. The monoisotopic (exact) mass is 384 g/mol. The van der Waals surface area contributed by atoms with Gasteiger partial charge >= 0.3 is 0 Å². The van der Waals surface area contributed by atoms with Crippen LogP contribution in [0.25, 0.3) is 22.6 Å². The second-order valence-corrected chi connectivity index (χ2v) is 7.02. The van der Waals surface area contributed by atoms with Crippen LogP contribution in [-0.4, -0.2) is 31.1 Å². The van der Waals surface area contributed by atoms with Crippen molar-refractivity contribution in [2.45, 2.75) is 31.7 Å². The molecule has 3 heterocycles. The van der Waals surface area contributed by atoms with Gasteiger partial charge in [-0.15, -0.1) is 0 Å². The zero-order valence-corrected chi connectivity index (χ0v) is 15.5. The second kappa shape index (κ2) is 7.47. The van der Waals surface area contributed by atoms with Crippen molar-refractivity contribution >= 4 is 45.9 Å². The average Bonchev–Trinajstić information content (AvgIpc) is 3.14. The molecule has 0 amide bonds. The van der Waals surface area contributed by atoms with Crippen LogP contribution in [0.2, 0.25) is 5.15 Å². The Hall–Kier alpha value is -2.38. The van der Waals surface area contributed by atoms with Crippen LogP contribution in [-0.2, 0) is 0 Å². The van der Waals surface area contributed by atoms with Gasteiger partial charge in [-0.2, -0.15) is 0 Å². The summed E-state index contributed by atoms with van der Waals surface area (Å²) >= 11 is 11.3. The van der Waals surface area contributed by atoms with Crippen molar-refractivity contribution in [2.24, 2.45) is 0 Å². The van der Waals surface area contributed by atoms with Crippen LogP contribution >= 0.6 is 23.8 Å². The Bertz CT molecular complexity index is 957. The number of rotatable bonds is 3. The lowest BCUT2D eigenvalue weighted by molar-refractivity contribution is 0.634. The molecule has 0 aromatic carbocycles. The van der Waals surface area contributed by atoms with Crippen molar-refractivity contribution in [1.29, 1.82) is 0 Å². The quantitative estimate of drug-likeness (QED) is 0.522. The molecule has 0 spiro atoms. The number of pyridine rings is 2. The Morgan fingerprint density at radius 2 is 1.88 bits per heavy atom. The molecule has 3 aromatic heterocycles. The molecule has 0 unspecified atom stereocenters. The summed E-state index contributed by atoms with van der Waals surface area (Å²) in [5, 5.41) is 7.47. The van der Waals surface area contributed by atoms with Crippen LogP contribution < -0.4 is 10.6 Å². The van der Waals surface area contributed by atoms with E-state index in [9.17, 15) is 0 Å². The largest absolute Gasteiger partial charge is 0.360 e. The van der Waals surface area contributed by atoms with E-state index in [1.807, 2.05) is 24.3 Å². The van der Waals surface area contributed by atoms with Gasteiger partial charge in [0.25, 0.3) is 0 Å². The first-order valence-electron chi connectivity index (χ1n) is 8.52. The van der Waals surface area contributed by atoms with Crippen LogP contribution in [0.3, 0.4) is 0 Å². The smallest absolute Gasteiger partial charge is 0.180 e. The van der Waals surface area contributed by atoms with E-state index in [4.69, 9.17) is 23.8 Å². The van der Waals surface area contributed by atoms with E-state index in [0.717, 1.165) is 12.8 Å². The van der Waals surface area contributed by atoms with Gasteiger partial charge in [-0.3, -0.25) is 4.98 Å². The van der Waals surface area contributed by atoms with Crippen LogP contribution in [0.1, 0.15) is 25.7 Å². The summed E-state index contributed by atoms with van der Waals surface area (Å²) in [4.78, 5) is 17.8.